The van der Waals surface area contributed by atoms with Crippen molar-refractivity contribution in [1.82, 2.24) is 4.98 Å². The minimum atomic E-state index is 0.235. The van der Waals surface area contributed by atoms with Crippen molar-refractivity contribution in [2.45, 2.75) is 32.1 Å². The Labute approximate surface area is 126 Å². The lowest BCUT2D eigenvalue weighted by molar-refractivity contribution is 0.617. The minimum Gasteiger partial charge on any atom is -0.375 e. The molecule has 5 heteroatoms. The number of halogens is 2. The van der Waals surface area contributed by atoms with Crippen LogP contribution in [0.25, 0.3) is 0 Å². The average molecular weight is 313 g/mol. The van der Waals surface area contributed by atoms with Crippen LogP contribution in [0, 0.1) is 6.92 Å². The van der Waals surface area contributed by atoms with Gasteiger partial charge >= 0.3 is 0 Å². The molecule has 0 spiro atoms. The van der Waals surface area contributed by atoms with Crippen LogP contribution < -0.4 is 5.73 Å². The smallest absolute Gasteiger partial charge is 0.180 e. The normalized spacial score (nSPS) is 18.4. The van der Waals surface area contributed by atoms with E-state index in [1.807, 2.05) is 19.1 Å². The molecular weight excluding hydrogens is 299 g/mol. The Morgan fingerprint density at radius 2 is 2.16 bits per heavy atom. The van der Waals surface area contributed by atoms with Gasteiger partial charge in [0, 0.05) is 20.8 Å². The molecule has 0 fully saturated rings. The van der Waals surface area contributed by atoms with E-state index in [9.17, 15) is 0 Å². The number of thiazole rings is 1. The summed E-state index contributed by atoms with van der Waals surface area (Å²) >= 11 is 14.4. The van der Waals surface area contributed by atoms with Crippen molar-refractivity contribution in [3.63, 3.8) is 0 Å². The van der Waals surface area contributed by atoms with Crippen LogP contribution in [0.5, 0.6) is 0 Å². The van der Waals surface area contributed by atoms with Gasteiger partial charge in [-0.15, -0.1) is 11.3 Å². The topological polar surface area (TPSA) is 38.9 Å². The highest BCUT2D eigenvalue weighted by Crippen LogP contribution is 2.45. The van der Waals surface area contributed by atoms with Crippen LogP contribution in [0.2, 0.25) is 10.0 Å². The molecule has 19 heavy (non-hydrogen) atoms. The third-order valence-corrected chi connectivity index (χ3v) is 5.51. The predicted octanol–water partition coefficient (Wildman–Crippen LogP) is 4.81. The molecule has 0 aliphatic heterocycles. The highest BCUT2D eigenvalue weighted by molar-refractivity contribution is 7.15. The Balaban J connectivity index is 2.16. The molecule has 1 unspecified atom stereocenters. The number of rotatable bonds is 1. The Bertz CT molecular complexity index is 637. The fraction of sp³-hybridized carbons (Fsp3) is 0.357. The van der Waals surface area contributed by atoms with Crippen LogP contribution in [-0.4, -0.2) is 4.98 Å². The molecule has 0 bridgehead atoms. The third-order valence-electron chi connectivity index (χ3n) is 3.64. The summed E-state index contributed by atoms with van der Waals surface area (Å²) in [5.41, 5.74) is 9.06. The van der Waals surface area contributed by atoms with Gasteiger partial charge in [0.05, 0.1) is 5.69 Å². The van der Waals surface area contributed by atoms with Crippen molar-refractivity contribution >= 4 is 39.7 Å². The van der Waals surface area contributed by atoms with Gasteiger partial charge in [-0.25, -0.2) is 4.98 Å². The van der Waals surface area contributed by atoms with Gasteiger partial charge in [-0.3, -0.25) is 0 Å². The number of aryl methyl sites for hydroxylation is 2. The molecule has 3 rings (SSSR count). The highest BCUT2D eigenvalue weighted by Gasteiger charge is 2.29. The monoisotopic (exact) mass is 312 g/mol. The van der Waals surface area contributed by atoms with E-state index in [4.69, 9.17) is 28.9 Å². The third kappa shape index (κ3) is 2.24. The van der Waals surface area contributed by atoms with E-state index in [-0.39, 0.29) is 5.92 Å². The van der Waals surface area contributed by atoms with E-state index < -0.39 is 0 Å². The van der Waals surface area contributed by atoms with Gasteiger partial charge in [0.1, 0.15) is 0 Å². The van der Waals surface area contributed by atoms with Crippen LogP contribution in [0.3, 0.4) is 0 Å². The number of anilines is 1. The summed E-state index contributed by atoms with van der Waals surface area (Å²) in [6, 6.07) is 3.88. The summed E-state index contributed by atoms with van der Waals surface area (Å²) in [5, 5.41) is 2.15. The van der Waals surface area contributed by atoms with E-state index in [1.54, 1.807) is 11.3 Å². The zero-order chi connectivity index (χ0) is 13.6. The van der Waals surface area contributed by atoms with Crippen molar-refractivity contribution in [2.75, 3.05) is 5.73 Å². The maximum Gasteiger partial charge on any atom is 0.180 e. The molecule has 1 heterocycles. The van der Waals surface area contributed by atoms with E-state index in [0.29, 0.717) is 5.13 Å². The fourth-order valence-electron chi connectivity index (χ4n) is 2.71. The second-order valence-corrected chi connectivity index (χ2v) is 6.75. The van der Waals surface area contributed by atoms with Gasteiger partial charge in [0.2, 0.25) is 0 Å². The molecule has 0 radical (unpaired) electrons. The van der Waals surface area contributed by atoms with Crippen molar-refractivity contribution in [1.29, 1.82) is 0 Å². The molecule has 100 valence electrons. The lowest BCUT2D eigenvalue weighted by atomic mass is 9.85. The van der Waals surface area contributed by atoms with Crippen molar-refractivity contribution < 1.29 is 0 Å². The molecule has 1 aromatic carbocycles. The lowest BCUT2D eigenvalue weighted by Gasteiger charge is -2.24. The van der Waals surface area contributed by atoms with Crippen LogP contribution in [0.1, 0.15) is 40.5 Å². The molecule has 1 atom stereocenters. The molecule has 1 aliphatic carbocycles. The van der Waals surface area contributed by atoms with Gasteiger partial charge in [-0.05, 0) is 43.4 Å². The molecule has 2 N–H and O–H groups in total. The van der Waals surface area contributed by atoms with Gasteiger partial charge in [-0.1, -0.05) is 29.3 Å². The first-order valence-electron chi connectivity index (χ1n) is 6.27. The first-order valence-corrected chi connectivity index (χ1v) is 7.84. The summed E-state index contributed by atoms with van der Waals surface area (Å²) in [4.78, 5) is 5.65. The molecule has 1 aliphatic rings. The molecule has 0 amide bonds. The molecule has 0 saturated heterocycles. The Morgan fingerprint density at radius 1 is 1.37 bits per heavy atom. The molecule has 2 aromatic rings. The van der Waals surface area contributed by atoms with Gasteiger partial charge < -0.3 is 5.73 Å². The standard InChI is InChI=1S/C14H14Cl2N2S/c1-7-5-6-9(15)11(12(7)16)8-3-2-4-10-13(8)19-14(17)18-10/h5-6,8H,2-4H2,1H3,(H2,17,18). The summed E-state index contributed by atoms with van der Waals surface area (Å²) in [7, 11) is 0. The zero-order valence-corrected chi connectivity index (χ0v) is 12.9. The first kappa shape index (κ1) is 13.2. The largest absolute Gasteiger partial charge is 0.375 e. The summed E-state index contributed by atoms with van der Waals surface area (Å²) in [5.74, 6) is 0.235. The maximum absolute atomic E-state index is 6.47. The molecule has 1 aromatic heterocycles. The van der Waals surface area contributed by atoms with Crippen molar-refractivity contribution in [2.24, 2.45) is 0 Å². The number of hydrogen-bond donors (Lipinski definition) is 1. The quantitative estimate of drug-likeness (QED) is 0.820. The average Bonchev–Trinajstić information content (AvgIpc) is 2.75. The number of aromatic nitrogens is 1. The zero-order valence-electron chi connectivity index (χ0n) is 10.5. The van der Waals surface area contributed by atoms with E-state index in [2.05, 4.69) is 4.98 Å². The number of fused-ring (bicyclic) bond motifs is 1. The fourth-order valence-corrected chi connectivity index (χ4v) is 4.37. The van der Waals surface area contributed by atoms with Gasteiger partial charge in [0.25, 0.3) is 0 Å². The Morgan fingerprint density at radius 3 is 2.95 bits per heavy atom. The van der Waals surface area contributed by atoms with Crippen LogP contribution in [-0.2, 0) is 6.42 Å². The molecular formula is C14H14Cl2N2S. The van der Waals surface area contributed by atoms with Crippen LogP contribution >= 0.6 is 34.5 Å². The Hall–Kier alpha value is -0.770. The number of hydrogen-bond acceptors (Lipinski definition) is 3. The highest BCUT2D eigenvalue weighted by atomic mass is 35.5. The molecule has 0 saturated carbocycles. The number of benzene rings is 1. The van der Waals surface area contributed by atoms with Crippen molar-refractivity contribution in [3.8, 4) is 0 Å². The number of nitrogen functional groups attached to an aromatic ring is 1. The summed E-state index contributed by atoms with van der Waals surface area (Å²) < 4.78 is 0. The summed E-state index contributed by atoms with van der Waals surface area (Å²) in [6.45, 7) is 2.01. The second kappa shape index (κ2) is 4.97. The van der Waals surface area contributed by atoms with E-state index in [0.717, 1.165) is 46.1 Å². The van der Waals surface area contributed by atoms with Crippen LogP contribution in [0.4, 0.5) is 5.13 Å². The van der Waals surface area contributed by atoms with E-state index in [1.165, 1.54) is 4.88 Å². The summed E-state index contributed by atoms with van der Waals surface area (Å²) in [6.07, 6.45) is 3.15. The lowest BCUT2D eigenvalue weighted by Crippen LogP contribution is -2.10. The SMILES string of the molecule is Cc1ccc(Cl)c(C2CCCc3nc(N)sc32)c1Cl. The minimum absolute atomic E-state index is 0.235. The second-order valence-electron chi connectivity index (χ2n) is 4.90. The number of nitrogens with zero attached hydrogens (tertiary/aromatic N) is 1. The molecule has 2 nitrogen and oxygen atoms in total. The van der Waals surface area contributed by atoms with Crippen molar-refractivity contribution in [3.05, 3.63) is 43.9 Å². The van der Waals surface area contributed by atoms with Gasteiger partial charge in [0.15, 0.2) is 5.13 Å². The van der Waals surface area contributed by atoms with Gasteiger partial charge in [-0.2, -0.15) is 0 Å². The predicted molar refractivity (Wildman–Crippen MR) is 82.5 cm³/mol. The first-order chi connectivity index (χ1) is 9.08. The maximum atomic E-state index is 6.47. The van der Waals surface area contributed by atoms with Crippen LogP contribution in [0.15, 0.2) is 12.1 Å². The Kier molecular flexibility index (Phi) is 3.46. The number of nitrogens with two attached hydrogens (primary N) is 1. The van der Waals surface area contributed by atoms with E-state index >= 15 is 0 Å².